The molecule has 0 spiro atoms. The standard InChI is InChI=1S/C16H21FO3/c1-15-8-4-9-16(18,20-15)10-7-14(15)19-11-12-5-2-3-6-13(12)17/h2-3,5-6,14,18H,4,7-11H2,1H3. The van der Waals surface area contributed by atoms with Gasteiger partial charge in [0.05, 0.1) is 18.3 Å². The lowest BCUT2D eigenvalue weighted by atomic mass is 9.79. The molecule has 1 aromatic rings. The zero-order valence-electron chi connectivity index (χ0n) is 11.8. The number of rotatable bonds is 3. The molecule has 110 valence electrons. The van der Waals surface area contributed by atoms with Gasteiger partial charge in [0.2, 0.25) is 0 Å². The number of ether oxygens (including phenoxy) is 2. The summed E-state index contributed by atoms with van der Waals surface area (Å²) in [6.07, 6.45) is 3.75. The van der Waals surface area contributed by atoms with Crippen LogP contribution in [0.25, 0.3) is 0 Å². The summed E-state index contributed by atoms with van der Waals surface area (Å²) >= 11 is 0. The van der Waals surface area contributed by atoms with Crippen LogP contribution in [0.3, 0.4) is 0 Å². The van der Waals surface area contributed by atoms with Gasteiger partial charge in [0.1, 0.15) is 5.82 Å². The summed E-state index contributed by atoms with van der Waals surface area (Å²) in [6, 6.07) is 6.65. The third kappa shape index (κ3) is 2.60. The van der Waals surface area contributed by atoms with E-state index in [1.54, 1.807) is 18.2 Å². The van der Waals surface area contributed by atoms with E-state index in [0.29, 0.717) is 18.4 Å². The first-order chi connectivity index (χ1) is 9.51. The van der Waals surface area contributed by atoms with E-state index in [1.807, 2.05) is 6.92 Å². The van der Waals surface area contributed by atoms with Crippen LogP contribution in [0.2, 0.25) is 0 Å². The van der Waals surface area contributed by atoms with Crippen LogP contribution in [0.1, 0.15) is 44.6 Å². The minimum absolute atomic E-state index is 0.0947. The van der Waals surface area contributed by atoms with Crippen molar-refractivity contribution in [1.29, 1.82) is 0 Å². The van der Waals surface area contributed by atoms with Crippen molar-refractivity contribution in [3.05, 3.63) is 35.6 Å². The summed E-state index contributed by atoms with van der Waals surface area (Å²) in [6.45, 7) is 2.23. The molecule has 20 heavy (non-hydrogen) atoms. The molecule has 1 aromatic carbocycles. The van der Waals surface area contributed by atoms with E-state index in [1.165, 1.54) is 6.07 Å². The third-order valence-electron chi connectivity index (χ3n) is 4.54. The highest BCUT2D eigenvalue weighted by atomic mass is 19.1. The van der Waals surface area contributed by atoms with E-state index in [9.17, 15) is 9.50 Å². The monoisotopic (exact) mass is 280 g/mol. The van der Waals surface area contributed by atoms with Crippen molar-refractivity contribution in [2.45, 2.75) is 63.1 Å². The van der Waals surface area contributed by atoms with Crippen LogP contribution in [0.5, 0.6) is 0 Å². The Labute approximate surface area is 118 Å². The van der Waals surface area contributed by atoms with Crippen molar-refractivity contribution in [3.63, 3.8) is 0 Å². The summed E-state index contributed by atoms with van der Waals surface area (Å²) in [5.74, 6) is -1.22. The van der Waals surface area contributed by atoms with Gasteiger partial charge in [0.25, 0.3) is 0 Å². The Morgan fingerprint density at radius 2 is 2.15 bits per heavy atom. The van der Waals surface area contributed by atoms with E-state index < -0.39 is 11.4 Å². The molecule has 3 unspecified atom stereocenters. The Bertz CT molecular complexity index is 492. The molecule has 2 bridgehead atoms. The summed E-state index contributed by atoms with van der Waals surface area (Å²) in [4.78, 5) is 0. The summed E-state index contributed by atoms with van der Waals surface area (Å²) < 4.78 is 25.4. The molecule has 2 heterocycles. The topological polar surface area (TPSA) is 38.7 Å². The Kier molecular flexibility index (Phi) is 3.56. The summed E-state index contributed by atoms with van der Waals surface area (Å²) in [7, 11) is 0. The largest absolute Gasteiger partial charge is 0.370 e. The normalized spacial score (nSPS) is 36.9. The Morgan fingerprint density at radius 1 is 1.35 bits per heavy atom. The molecule has 0 amide bonds. The Morgan fingerprint density at radius 3 is 2.95 bits per heavy atom. The Hall–Kier alpha value is -0.970. The molecule has 1 N–H and O–H groups in total. The first-order valence-electron chi connectivity index (χ1n) is 7.28. The average molecular weight is 280 g/mol. The van der Waals surface area contributed by atoms with Crippen LogP contribution in [0, 0.1) is 5.82 Å². The molecule has 2 aliphatic rings. The average Bonchev–Trinajstić information content (AvgIpc) is 2.39. The molecule has 4 heteroatoms. The number of benzene rings is 1. The lowest BCUT2D eigenvalue weighted by Gasteiger charge is -2.52. The Balaban J connectivity index is 1.68. The van der Waals surface area contributed by atoms with Gasteiger partial charge in [-0.3, -0.25) is 0 Å². The smallest absolute Gasteiger partial charge is 0.166 e. The van der Waals surface area contributed by atoms with Crippen LogP contribution in [0.15, 0.2) is 24.3 Å². The minimum Gasteiger partial charge on any atom is -0.370 e. The quantitative estimate of drug-likeness (QED) is 0.924. The second-order valence-corrected chi connectivity index (χ2v) is 6.14. The molecular formula is C16H21FO3. The molecule has 0 aliphatic carbocycles. The zero-order chi connectivity index (χ0) is 14.2. The molecule has 0 saturated carbocycles. The highest BCUT2D eigenvalue weighted by Gasteiger charge is 2.51. The second kappa shape index (κ2) is 5.10. The van der Waals surface area contributed by atoms with Gasteiger partial charge in [-0.05, 0) is 32.3 Å². The SMILES string of the molecule is CC12CCCC(O)(CCC1OCc1ccccc1F)O2. The van der Waals surface area contributed by atoms with Crippen molar-refractivity contribution in [3.8, 4) is 0 Å². The number of halogens is 1. The first kappa shape index (κ1) is 14.0. The van der Waals surface area contributed by atoms with E-state index in [0.717, 1.165) is 19.3 Å². The summed E-state index contributed by atoms with van der Waals surface area (Å²) in [5.41, 5.74) is 0.101. The first-order valence-corrected chi connectivity index (χ1v) is 7.28. The third-order valence-corrected chi connectivity index (χ3v) is 4.54. The van der Waals surface area contributed by atoms with Crippen molar-refractivity contribution in [2.75, 3.05) is 0 Å². The van der Waals surface area contributed by atoms with Gasteiger partial charge in [-0.25, -0.2) is 4.39 Å². The number of fused-ring (bicyclic) bond motifs is 2. The molecule has 2 saturated heterocycles. The van der Waals surface area contributed by atoms with Crippen LogP contribution < -0.4 is 0 Å². The fraction of sp³-hybridized carbons (Fsp3) is 0.625. The van der Waals surface area contributed by atoms with Gasteiger partial charge in [0.15, 0.2) is 5.79 Å². The van der Waals surface area contributed by atoms with Gasteiger partial charge in [-0.1, -0.05) is 18.2 Å². The van der Waals surface area contributed by atoms with Crippen LogP contribution in [-0.2, 0) is 16.1 Å². The molecule has 3 atom stereocenters. The summed E-state index contributed by atoms with van der Waals surface area (Å²) in [5, 5.41) is 10.3. The van der Waals surface area contributed by atoms with Gasteiger partial charge < -0.3 is 14.6 Å². The molecule has 0 aromatic heterocycles. The van der Waals surface area contributed by atoms with E-state index >= 15 is 0 Å². The maximum absolute atomic E-state index is 13.6. The van der Waals surface area contributed by atoms with Crippen molar-refractivity contribution in [1.82, 2.24) is 0 Å². The van der Waals surface area contributed by atoms with E-state index in [2.05, 4.69) is 0 Å². The molecule has 2 fully saturated rings. The molecule has 3 nitrogen and oxygen atoms in total. The second-order valence-electron chi connectivity index (χ2n) is 6.14. The van der Waals surface area contributed by atoms with Crippen molar-refractivity contribution >= 4 is 0 Å². The van der Waals surface area contributed by atoms with Crippen LogP contribution in [-0.4, -0.2) is 22.6 Å². The highest BCUT2D eigenvalue weighted by molar-refractivity contribution is 5.16. The van der Waals surface area contributed by atoms with Crippen LogP contribution >= 0.6 is 0 Å². The van der Waals surface area contributed by atoms with Gasteiger partial charge in [0, 0.05) is 18.4 Å². The van der Waals surface area contributed by atoms with Gasteiger partial charge in [-0.2, -0.15) is 0 Å². The molecule has 0 radical (unpaired) electrons. The van der Waals surface area contributed by atoms with E-state index in [4.69, 9.17) is 9.47 Å². The van der Waals surface area contributed by atoms with E-state index in [-0.39, 0.29) is 18.5 Å². The predicted octanol–water partition coefficient (Wildman–Crippen LogP) is 3.15. The number of hydrogen-bond acceptors (Lipinski definition) is 3. The minimum atomic E-state index is -0.981. The fourth-order valence-corrected chi connectivity index (χ4v) is 3.38. The maximum Gasteiger partial charge on any atom is 0.166 e. The fourth-order valence-electron chi connectivity index (χ4n) is 3.38. The predicted molar refractivity (Wildman–Crippen MR) is 72.5 cm³/mol. The van der Waals surface area contributed by atoms with Crippen molar-refractivity contribution < 1.29 is 19.0 Å². The van der Waals surface area contributed by atoms with Crippen molar-refractivity contribution in [2.24, 2.45) is 0 Å². The lowest BCUT2D eigenvalue weighted by Crippen LogP contribution is -2.58. The lowest BCUT2D eigenvalue weighted by molar-refractivity contribution is -0.340. The zero-order valence-corrected chi connectivity index (χ0v) is 11.8. The van der Waals surface area contributed by atoms with Gasteiger partial charge in [-0.15, -0.1) is 0 Å². The van der Waals surface area contributed by atoms with Gasteiger partial charge >= 0.3 is 0 Å². The number of aliphatic hydroxyl groups is 1. The molecule has 2 aliphatic heterocycles. The molecule has 3 rings (SSSR count). The number of hydrogen-bond donors (Lipinski definition) is 1. The van der Waals surface area contributed by atoms with Crippen LogP contribution in [0.4, 0.5) is 4.39 Å². The maximum atomic E-state index is 13.6. The molecular weight excluding hydrogens is 259 g/mol. The highest BCUT2D eigenvalue weighted by Crippen LogP contribution is 2.45.